The van der Waals surface area contributed by atoms with Gasteiger partial charge in [-0.15, -0.1) is 0 Å². The monoisotopic (exact) mass is 478 g/mol. The molecule has 0 bridgehead atoms. The van der Waals surface area contributed by atoms with Crippen molar-refractivity contribution in [3.63, 3.8) is 0 Å². The zero-order chi connectivity index (χ0) is 23.9. The largest absolute Gasteiger partial charge is 0.371 e. The number of carbonyl (C=O) groups excluding carboxylic acids is 1. The minimum absolute atomic E-state index is 0.0382. The summed E-state index contributed by atoms with van der Waals surface area (Å²) >= 11 is 0. The molecular formula is C25H42N4O3S. The Labute approximate surface area is 200 Å². The normalized spacial score (nSPS) is 18.9. The predicted molar refractivity (Wildman–Crippen MR) is 136 cm³/mol. The average Bonchev–Trinajstić information content (AvgIpc) is 2.79. The fourth-order valence-electron chi connectivity index (χ4n) is 4.59. The topological polar surface area (TPSA) is 81.7 Å². The summed E-state index contributed by atoms with van der Waals surface area (Å²) in [6, 6.07) is 8.88. The SMILES string of the molecule is CC(C)(C)S(=O)(=O)NCCCCC(=O)Nc1ccc(N2CCC(N3CCCCC3)CC2)cc1. The number of anilines is 2. The number of benzene rings is 1. The van der Waals surface area contributed by atoms with Crippen LogP contribution < -0.4 is 14.9 Å². The molecule has 2 aliphatic rings. The summed E-state index contributed by atoms with van der Waals surface area (Å²) in [5, 5.41) is 2.95. The Morgan fingerprint density at radius 3 is 2.21 bits per heavy atom. The summed E-state index contributed by atoms with van der Waals surface area (Å²) in [6.07, 6.45) is 8.19. The third kappa shape index (κ3) is 7.69. The predicted octanol–water partition coefficient (Wildman–Crippen LogP) is 3.97. The molecule has 0 atom stereocenters. The number of nitrogens with zero attached hydrogens (tertiary/aromatic N) is 2. The second kappa shape index (κ2) is 11.7. The van der Waals surface area contributed by atoms with Crippen molar-refractivity contribution in [2.45, 2.75) is 82.9 Å². The average molecular weight is 479 g/mol. The van der Waals surface area contributed by atoms with E-state index in [4.69, 9.17) is 0 Å². The van der Waals surface area contributed by atoms with E-state index in [1.54, 1.807) is 20.8 Å². The quantitative estimate of drug-likeness (QED) is 0.525. The van der Waals surface area contributed by atoms with Gasteiger partial charge in [0, 0.05) is 43.5 Å². The molecule has 3 rings (SSSR count). The molecular weight excluding hydrogens is 436 g/mol. The van der Waals surface area contributed by atoms with Crippen molar-refractivity contribution >= 4 is 27.3 Å². The fourth-order valence-corrected chi connectivity index (χ4v) is 5.43. The van der Waals surface area contributed by atoms with Crippen molar-refractivity contribution in [3.05, 3.63) is 24.3 Å². The van der Waals surface area contributed by atoms with Crippen LogP contribution in [0, 0.1) is 0 Å². The number of unbranched alkanes of at least 4 members (excludes halogenated alkanes) is 1. The van der Waals surface area contributed by atoms with Crippen molar-refractivity contribution in [3.8, 4) is 0 Å². The molecule has 2 saturated heterocycles. The first-order valence-corrected chi connectivity index (χ1v) is 14.0. The van der Waals surface area contributed by atoms with Crippen LogP contribution in [0.15, 0.2) is 24.3 Å². The number of sulfonamides is 1. The minimum Gasteiger partial charge on any atom is -0.371 e. The highest BCUT2D eigenvalue weighted by molar-refractivity contribution is 7.90. The van der Waals surface area contributed by atoms with Gasteiger partial charge in [0.2, 0.25) is 15.9 Å². The highest BCUT2D eigenvalue weighted by Gasteiger charge is 2.28. The number of carbonyl (C=O) groups is 1. The van der Waals surface area contributed by atoms with Gasteiger partial charge in [-0.05, 0) is 96.7 Å². The van der Waals surface area contributed by atoms with Gasteiger partial charge in [-0.3, -0.25) is 4.79 Å². The van der Waals surface area contributed by atoms with Crippen molar-refractivity contribution in [2.24, 2.45) is 0 Å². The second-order valence-corrected chi connectivity index (χ2v) is 12.9. The van der Waals surface area contributed by atoms with Gasteiger partial charge in [-0.25, -0.2) is 13.1 Å². The molecule has 0 unspecified atom stereocenters. The first kappa shape index (κ1) is 26.0. The fraction of sp³-hybridized carbons (Fsp3) is 0.720. The van der Waals surface area contributed by atoms with Gasteiger partial charge in [-0.2, -0.15) is 0 Å². The zero-order valence-electron chi connectivity index (χ0n) is 20.6. The van der Waals surface area contributed by atoms with Gasteiger partial charge in [0.25, 0.3) is 0 Å². The molecule has 8 heteroatoms. The van der Waals surface area contributed by atoms with Gasteiger partial charge in [0.15, 0.2) is 0 Å². The Bertz CT molecular complexity index is 851. The zero-order valence-corrected chi connectivity index (χ0v) is 21.4. The lowest BCUT2D eigenvalue weighted by Crippen LogP contribution is -2.46. The lowest BCUT2D eigenvalue weighted by atomic mass is 9.99. The van der Waals surface area contributed by atoms with E-state index in [0.717, 1.165) is 24.8 Å². The molecule has 1 aromatic carbocycles. The smallest absolute Gasteiger partial charge is 0.224 e. The third-order valence-corrected chi connectivity index (χ3v) is 9.01. The van der Waals surface area contributed by atoms with E-state index in [0.29, 0.717) is 25.8 Å². The summed E-state index contributed by atoms with van der Waals surface area (Å²) in [4.78, 5) is 17.4. The molecule has 7 nitrogen and oxygen atoms in total. The van der Waals surface area contributed by atoms with Crippen molar-refractivity contribution < 1.29 is 13.2 Å². The Kier molecular flexibility index (Phi) is 9.18. The van der Waals surface area contributed by atoms with E-state index >= 15 is 0 Å². The first-order chi connectivity index (χ1) is 15.7. The molecule has 2 heterocycles. The second-order valence-electron chi connectivity index (χ2n) is 10.4. The number of piperidine rings is 2. The standard InChI is InChI=1S/C25H42N4O3S/c1-25(2,3)33(31,32)26-16-6-5-9-24(30)27-21-10-12-22(13-11-21)29-19-14-23(15-20-29)28-17-7-4-8-18-28/h10-13,23,26H,4-9,14-20H2,1-3H3,(H,27,30). The summed E-state index contributed by atoms with van der Waals surface area (Å²) in [7, 11) is -3.33. The van der Waals surface area contributed by atoms with Crippen LogP contribution in [-0.2, 0) is 14.8 Å². The minimum atomic E-state index is -3.33. The Balaban J connectivity index is 1.35. The van der Waals surface area contributed by atoms with E-state index in [2.05, 4.69) is 32.0 Å². The molecule has 0 radical (unpaired) electrons. The highest BCUT2D eigenvalue weighted by atomic mass is 32.2. The Hall–Kier alpha value is -1.64. The van der Waals surface area contributed by atoms with Crippen molar-refractivity contribution in [1.82, 2.24) is 9.62 Å². The van der Waals surface area contributed by atoms with Crippen molar-refractivity contribution in [1.29, 1.82) is 0 Å². The van der Waals surface area contributed by atoms with Gasteiger partial charge in [0.05, 0.1) is 4.75 Å². The molecule has 186 valence electrons. The maximum absolute atomic E-state index is 12.2. The van der Waals surface area contributed by atoms with Crippen LogP contribution in [0.4, 0.5) is 11.4 Å². The molecule has 2 N–H and O–H groups in total. The van der Waals surface area contributed by atoms with Crippen LogP contribution in [0.3, 0.4) is 0 Å². The Morgan fingerprint density at radius 2 is 1.61 bits per heavy atom. The molecule has 1 amide bonds. The number of likely N-dealkylation sites (tertiary alicyclic amines) is 1. The maximum Gasteiger partial charge on any atom is 0.224 e. The molecule has 1 aromatic rings. The number of nitrogens with one attached hydrogen (secondary N) is 2. The van der Waals surface area contributed by atoms with Crippen LogP contribution >= 0.6 is 0 Å². The lowest BCUT2D eigenvalue weighted by Gasteiger charge is -2.41. The number of hydrogen-bond donors (Lipinski definition) is 2. The lowest BCUT2D eigenvalue weighted by molar-refractivity contribution is -0.116. The highest BCUT2D eigenvalue weighted by Crippen LogP contribution is 2.26. The van der Waals surface area contributed by atoms with Gasteiger partial charge >= 0.3 is 0 Å². The van der Waals surface area contributed by atoms with E-state index in [9.17, 15) is 13.2 Å². The van der Waals surface area contributed by atoms with Crippen LogP contribution in [0.1, 0.15) is 72.1 Å². The molecule has 2 fully saturated rings. The van der Waals surface area contributed by atoms with Gasteiger partial charge in [0.1, 0.15) is 0 Å². The van der Waals surface area contributed by atoms with Crippen LogP contribution in [0.5, 0.6) is 0 Å². The number of rotatable bonds is 9. The van der Waals surface area contributed by atoms with Crippen LogP contribution in [-0.4, -0.2) is 62.7 Å². The Morgan fingerprint density at radius 1 is 0.970 bits per heavy atom. The summed E-state index contributed by atoms with van der Waals surface area (Å²) in [5.74, 6) is -0.0382. The van der Waals surface area contributed by atoms with E-state index < -0.39 is 14.8 Å². The van der Waals surface area contributed by atoms with E-state index in [1.807, 2.05) is 12.1 Å². The molecule has 0 aromatic heterocycles. The van der Waals surface area contributed by atoms with E-state index in [-0.39, 0.29) is 5.91 Å². The third-order valence-electron chi connectivity index (χ3n) is 6.82. The maximum atomic E-state index is 12.2. The van der Waals surface area contributed by atoms with Crippen LogP contribution in [0.25, 0.3) is 0 Å². The molecule has 33 heavy (non-hydrogen) atoms. The summed E-state index contributed by atoms with van der Waals surface area (Å²) in [5.41, 5.74) is 2.02. The number of amides is 1. The first-order valence-electron chi connectivity index (χ1n) is 12.5. The molecule has 0 saturated carbocycles. The van der Waals surface area contributed by atoms with Crippen LogP contribution in [0.2, 0.25) is 0 Å². The van der Waals surface area contributed by atoms with Crippen molar-refractivity contribution in [2.75, 3.05) is 42.9 Å². The molecule has 0 aliphatic carbocycles. The summed E-state index contributed by atoms with van der Waals surface area (Å²) < 4.78 is 25.8. The van der Waals surface area contributed by atoms with Gasteiger partial charge < -0.3 is 15.1 Å². The molecule has 0 spiro atoms. The molecule has 2 aliphatic heterocycles. The van der Waals surface area contributed by atoms with Gasteiger partial charge in [-0.1, -0.05) is 6.42 Å². The summed E-state index contributed by atoms with van der Waals surface area (Å²) in [6.45, 7) is 10.1. The number of hydrogen-bond acceptors (Lipinski definition) is 5. The van der Waals surface area contributed by atoms with E-state index in [1.165, 1.54) is 50.9 Å².